The minimum Gasteiger partial charge on any atom is -0.444 e. The van der Waals surface area contributed by atoms with Crippen molar-refractivity contribution < 1.29 is 40.0 Å². The van der Waals surface area contributed by atoms with Crippen molar-refractivity contribution in [2.45, 2.75) is 51.1 Å². The summed E-state index contributed by atoms with van der Waals surface area (Å²) in [6.07, 6.45) is -4.57. The van der Waals surface area contributed by atoms with Crippen LogP contribution in [0.25, 0.3) is 0 Å². The van der Waals surface area contributed by atoms with E-state index in [0.29, 0.717) is 5.56 Å². The van der Waals surface area contributed by atoms with Crippen LogP contribution in [0, 0.1) is 0 Å². The third kappa shape index (κ3) is 7.77. The van der Waals surface area contributed by atoms with Crippen molar-refractivity contribution in [3.63, 3.8) is 0 Å². The van der Waals surface area contributed by atoms with Crippen LogP contribution in [-0.4, -0.2) is 63.2 Å². The molecule has 0 bridgehead atoms. The summed E-state index contributed by atoms with van der Waals surface area (Å²) in [6, 6.07) is 4.19. The highest BCUT2D eigenvalue weighted by Crippen LogP contribution is 2.29. The summed E-state index contributed by atoms with van der Waals surface area (Å²) in [6.45, 7) is 4.94. The summed E-state index contributed by atoms with van der Waals surface area (Å²) >= 11 is 0. The lowest BCUT2D eigenvalue weighted by Crippen LogP contribution is -2.55. The van der Waals surface area contributed by atoms with E-state index in [1.165, 1.54) is 17.0 Å². The van der Waals surface area contributed by atoms with E-state index in [0.717, 1.165) is 18.4 Å². The van der Waals surface area contributed by atoms with Crippen molar-refractivity contribution in [1.29, 1.82) is 0 Å². The molecule has 0 radical (unpaired) electrons. The Balaban J connectivity index is 2.14. The van der Waals surface area contributed by atoms with E-state index in [2.05, 4.69) is 0 Å². The van der Waals surface area contributed by atoms with Crippen molar-refractivity contribution in [2.75, 3.05) is 26.0 Å². The molecular weight excluding hydrogens is 427 g/mol. The zero-order valence-electron chi connectivity index (χ0n) is 17.2. The Morgan fingerprint density at radius 2 is 1.80 bits per heavy atom. The molecule has 1 heterocycles. The van der Waals surface area contributed by atoms with E-state index in [9.17, 15) is 26.4 Å². The molecule has 0 saturated carbocycles. The maximum absolute atomic E-state index is 12.8. The van der Waals surface area contributed by atoms with Crippen molar-refractivity contribution in [3.8, 4) is 0 Å². The summed E-state index contributed by atoms with van der Waals surface area (Å²) in [4.78, 5) is 14.1. The number of nitrogens with zero attached hydrogens (tertiary/aromatic N) is 1. The maximum atomic E-state index is 12.8. The molecule has 11 heteroatoms. The molecule has 7 nitrogen and oxygen atoms in total. The predicted molar refractivity (Wildman–Crippen MR) is 102 cm³/mol. The molecule has 2 atom stereocenters. The lowest BCUT2D eigenvalue weighted by molar-refractivity contribution is -0.137. The second-order valence-electron chi connectivity index (χ2n) is 8.13. The van der Waals surface area contributed by atoms with Gasteiger partial charge in [-0.2, -0.15) is 21.6 Å². The van der Waals surface area contributed by atoms with Gasteiger partial charge in [0.25, 0.3) is 10.1 Å². The zero-order chi connectivity index (χ0) is 22.7. The predicted octanol–water partition coefficient (Wildman–Crippen LogP) is 3.23. The van der Waals surface area contributed by atoms with Crippen LogP contribution in [0.4, 0.5) is 18.0 Å². The first kappa shape index (κ1) is 24.4. The first-order valence-corrected chi connectivity index (χ1v) is 11.1. The van der Waals surface area contributed by atoms with Crippen LogP contribution >= 0.6 is 0 Å². The number of hydrogen-bond donors (Lipinski definition) is 0. The van der Waals surface area contributed by atoms with E-state index < -0.39 is 45.7 Å². The Morgan fingerprint density at radius 1 is 1.20 bits per heavy atom. The quantitative estimate of drug-likeness (QED) is 0.637. The van der Waals surface area contributed by atoms with Crippen LogP contribution in [0.5, 0.6) is 0 Å². The fraction of sp³-hybridized carbons (Fsp3) is 0.632. The standard InChI is InChI=1S/C19H26F3NO6S/c1-18(2,3)29-17(24)23-10-16(12-28-30(4,25)26)27-11-15(23)9-13-5-7-14(8-6-13)19(20,21)22/h5-8,15-16H,9-12H2,1-4H3/t15-,16+/m0/s1. The van der Waals surface area contributed by atoms with Gasteiger partial charge in [0.2, 0.25) is 0 Å². The number of carbonyl (C=O) groups excluding carboxylic acids is 1. The molecular formula is C19H26F3NO6S. The van der Waals surface area contributed by atoms with E-state index in [1.807, 2.05) is 0 Å². The third-order valence-electron chi connectivity index (χ3n) is 4.21. The maximum Gasteiger partial charge on any atom is 0.416 e. The Morgan fingerprint density at radius 3 is 2.30 bits per heavy atom. The fourth-order valence-electron chi connectivity index (χ4n) is 2.87. The zero-order valence-corrected chi connectivity index (χ0v) is 18.0. The van der Waals surface area contributed by atoms with Gasteiger partial charge in [-0.05, 0) is 44.9 Å². The van der Waals surface area contributed by atoms with Crippen LogP contribution < -0.4 is 0 Å². The van der Waals surface area contributed by atoms with Crippen LogP contribution in [0.3, 0.4) is 0 Å². The number of carbonyl (C=O) groups is 1. The Hall–Kier alpha value is -1.85. The largest absolute Gasteiger partial charge is 0.444 e. The van der Waals surface area contributed by atoms with Gasteiger partial charge in [0, 0.05) is 0 Å². The van der Waals surface area contributed by atoms with Crippen molar-refractivity contribution >= 4 is 16.2 Å². The topological polar surface area (TPSA) is 82.1 Å². The van der Waals surface area contributed by atoms with Gasteiger partial charge in [-0.3, -0.25) is 9.08 Å². The van der Waals surface area contributed by atoms with Crippen LogP contribution in [0.15, 0.2) is 24.3 Å². The highest BCUT2D eigenvalue weighted by molar-refractivity contribution is 7.85. The molecule has 1 aromatic rings. The first-order valence-electron chi connectivity index (χ1n) is 9.26. The molecule has 170 valence electrons. The average Bonchev–Trinajstić information content (AvgIpc) is 2.58. The summed E-state index contributed by atoms with van der Waals surface area (Å²) in [5, 5.41) is 0. The number of hydrogen-bond acceptors (Lipinski definition) is 6. The fourth-order valence-corrected chi connectivity index (χ4v) is 3.27. The summed E-state index contributed by atoms with van der Waals surface area (Å²) in [5.74, 6) is 0. The SMILES string of the molecule is CC(C)(C)OC(=O)N1C[C@H](COS(C)(=O)=O)OC[C@@H]1Cc1ccc(C(F)(F)F)cc1. The van der Waals surface area contributed by atoms with Gasteiger partial charge in [-0.25, -0.2) is 4.79 Å². The molecule has 0 unspecified atom stereocenters. The minimum absolute atomic E-state index is 0.0235. The minimum atomic E-state index is -4.43. The summed E-state index contributed by atoms with van der Waals surface area (Å²) < 4.78 is 76.5. The monoisotopic (exact) mass is 453 g/mol. The van der Waals surface area contributed by atoms with E-state index in [4.69, 9.17) is 13.7 Å². The van der Waals surface area contributed by atoms with Crippen LogP contribution in [0.1, 0.15) is 31.9 Å². The second-order valence-corrected chi connectivity index (χ2v) is 9.77. The van der Waals surface area contributed by atoms with Gasteiger partial charge in [0.05, 0.1) is 37.6 Å². The summed E-state index contributed by atoms with van der Waals surface area (Å²) in [5.41, 5.74) is -0.920. The highest BCUT2D eigenvalue weighted by Gasteiger charge is 2.36. The molecule has 2 rings (SSSR count). The molecule has 1 aliphatic heterocycles. The van der Waals surface area contributed by atoms with E-state index in [-0.39, 0.29) is 26.2 Å². The number of morpholine rings is 1. The Kier molecular flexibility index (Phi) is 7.41. The van der Waals surface area contributed by atoms with E-state index >= 15 is 0 Å². The molecule has 1 fully saturated rings. The second kappa shape index (κ2) is 9.11. The molecule has 1 aliphatic rings. The molecule has 1 aromatic carbocycles. The smallest absolute Gasteiger partial charge is 0.416 e. The molecule has 0 N–H and O–H groups in total. The number of rotatable bonds is 5. The number of alkyl halides is 3. The molecule has 0 spiro atoms. The molecule has 0 aromatic heterocycles. The highest BCUT2D eigenvalue weighted by atomic mass is 32.2. The molecule has 1 amide bonds. The normalized spacial score (nSPS) is 20.8. The average molecular weight is 453 g/mol. The molecule has 1 saturated heterocycles. The van der Waals surface area contributed by atoms with Crippen molar-refractivity contribution in [3.05, 3.63) is 35.4 Å². The third-order valence-corrected chi connectivity index (χ3v) is 4.78. The lowest BCUT2D eigenvalue weighted by Gasteiger charge is -2.40. The van der Waals surface area contributed by atoms with Gasteiger partial charge in [-0.1, -0.05) is 12.1 Å². The van der Waals surface area contributed by atoms with E-state index in [1.54, 1.807) is 20.8 Å². The Labute approximate surface area is 174 Å². The summed E-state index contributed by atoms with van der Waals surface area (Å²) in [7, 11) is -3.67. The molecule has 0 aliphatic carbocycles. The van der Waals surface area contributed by atoms with Crippen LogP contribution in [-0.2, 0) is 36.4 Å². The van der Waals surface area contributed by atoms with Gasteiger partial charge in [0.1, 0.15) is 11.7 Å². The first-order chi connectivity index (χ1) is 13.6. The number of halogens is 3. The van der Waals surface area contributed by atoms with Crippen molar-refractivity contribution in [2.24, 2.45) is 0 Å². The van der Waals surface area contributed by atoms with Gasteiger partial charge >= 0.3 is 12.3 Å². The molecule has 30 heavy (non-hydrogen) atoms. The van der Waals surface area contributed by atoms with Crippen LogP contribution in [0.2, 0.25) is 0 Å². The van der Waals surface area contributed by atoms with Crippen molar-refractivity contribution in [1.82, 2.24) is 4.90 Å². The number of amides is 1. The number of benzene rings is 1. The van der Waals surface area contributed by atoms with Gasteiger partial charge < -0.3 is 9.47 Å². The van der Waals surface area contributed by atoms with Gasteiger partial charge in [-0.15, -0.1) is 0 Å². The lowest BCUT2D eigenvalue weighted by atomic mass is 10.0. The van der Waals surface area contributed by atoms with Gasteiger partial charge in [0.15, 0.2) is 0 Å². The Bertz CT molecular complexity index is 833. The number of ether oxygens (including phenoxy) is 2.